The monoisotopic (exact) mass is 391 g/mol. The molecule has 3 heterocycles. The normalized spacial score (nSPS) is 13.4. The van der Waals surface area contributed by atoms with E-state index >= 15 is 0 Å². The summed E-state index contributed by atoms with van der Waals surface area (Å²) in [5, 5.41) is 0.164. The zero-order chi connectivity index (χ0) is 20.4. The van der Waals surface area contributed by atoms with Gasteiger partial charge in [0.15, 0.2) is 8.32 Å². The molecule has 3 rings (SSSR count). The first-order chi connectivity index (χ1) is 13.2. The highest BCUT2D eigenvalue weighted by atomic mass is 28.4. The van der Waals surface area contributed by atoms with Crippen molar-refractivity contribution >= 4 is 8.32 Å². The zero-order valence-corrected chi connectivity index (χ0v) is 18.6. The van der Waals surface area contributed by atoms with Crippen LogP contribution in [0.2, 0.25) is 18.1 Å². The van der Waals surface area contributed by atoms with Gasteiger partial charge in [-0.2, -0.15) is 0 Å². The van der Waals surface area contributed by atoms with Gasteiger partial charge in [0.05, 0.1) is 34.6 Å². The van der Waals surface area contributed by atoms with Crippen LogP contribution in [0.25, 0.3) is 22.8 Å². The summed E-state index contributed by atoms with van der Waals surface area (Å²) in [4.78, 5) is 14.0. The van der Waals surface area contributed by atoms with Crippen LogP contribution >= 0.6 is 0 Å². The maximum Gasteiger partial charge on any atom is 0.192 e. The van der Waals surface area contributed by atoms with Crippen molar-refractivity contribution in [3.63, 3.8) is 0 Å². The van der Waals surface area contributed by atoms with Crippen LogP contribution in [0, 0.1) is 0 Å². The molecular weight excluding hydrogens is 362 g/mol. The largest absolute Gasteiger partial charge is 0.409 e. The molecule has 0 radical (unpaired) electrons. The van der Waals surface area contributed by atoms with Crippen molar-refractivity contribution in [3.8, 4) is 22.8 Å². The summed E-state index contributed by atoms with van der Waals surface area (Å²) >= 11 is 0. The second kappa shape index (κ2) is 7.93. The molecule has 0 aromatic carbocycles. The molecule has 28 heavy (non-hydrogen) atoms. The first-order valence-corrected chi connectivity index (χ1v) is 12.6. The van der Waals surface area contributed by atoms with E-state index in [0.29, 0.717) is 0 Å². The molecule has 0 unspecified atom stereocenters. The highest BCUT2D eigenvalue weighted by Gasteiger charge is 2.38. The lowest BCUT2D eigenvalue weighted by Gasteiger charge is -2.38. The fraction of sp³-hybridized carbons (Fsp3) is 0.348. The molecule has 0 aliphatic carbocycles. The van der Waals surface area contributed by atoms with Crippen molar-refractivity contribution in [1.82, 2.24) is 15.0 Å². The molecule has 0 N–H and O–H groups in total. The van der Waals surface area contributed by atoms with Gasteiger partial charge in [-0.05, 0) is 61.5 Å². The highest BCUT2D eigenvalue weighted by molar-refractivity contribution is 6.74. The Morgan fingerprint density at radius 2 is 1.36 bits per heavy atom. The van der Waals surface area contributed by atoms with Crippen molar-refractivity contribution in [2.45, 2.75) is 51.9 Å². The van der Waals surface area contributed by atoms with E-state index in [4.69, 9.17) is 14.4 Å². The SMILES string of the molecule is C[C@H](O[Si](C)(C)C(C)(C)C)c1cccc(-c2cccc(-c3ccccn3)n2)n1. The minimum Gasteiger partial charge on any atom is -0.409 e. The first-order valence-electron chi connectivity index (χ1n) is 9.71. The number of rotatable bonds is 5. The minimum absolute atomic E-state index is 0.0557. The Bertz CT molecular complexity index is 936. The van der Waals surface area contributed by atoms with Gasteiger partial charge in [-0.25, -0.2) is 9.97 Å². The van der Waals surface area contributed by atoms with E-state index < -0.39 is 8.32 Å². The maximum atomic E-state index is 6.52. The van der Waals surface area contributed by atoms with Gasteiger partial charge in [0, 0.05) is 6.20 Å². The van der Waals surface area contributed by atoms with E-state index in [2.05, 4.69) is 45.8 Å². The van der Waals surface area contributed by atoms with Gasteiger partial charge in [0.25, 0.3) is 0 Å². The van der Waals surface area contributed by atoms with Crippen molar-refractivity contribution < 1.29 is 4.43 Å². The lowest BCUT2D eigenvalue weighted by molar-refractivity contribution is 0.198. The predicted octanol–water partition coefficient (Wildman–Crippen LogP) is 6.29. The molecule has 3 aromatic rings. The maximum absolute atomic E-state index is 6.52. The van der Waals surface area contributed by atoms with Crippen LogP contribution in [0.4, 0.5) is 0 Å². The number of nitrogens with zero attached hydrogens (tertiary/aromatic N) is 3. The number of pyridine rings is 3. The Morgan fingerprint density at radius 3 is 1.96 bits per heavy atom. The third kappa shape index (κ3) is 4.54. The van der Waals surface area contributed by atoms with Crippen LogP contribution in [0.3, 0.4) is 0 Å². The predicted molar refractivity (Wildman–Crippen MR) is 117 cm³/mol. The van der Waals surface area contributed by atoms with Crippen LogP contribution in [-0.2, 0) is 4.43 Å². The zero-order valence-electron chi connectivity index (χ0n) is 17.6. The molecule has 1 atom stereocenters. The number of hydrogen-bond acceptors (Lipinski definition) is 4. The summed E-state index contributed by atoms with van der Waals surface area (Å²) in [6.45, 7) is 13.4. The summed E-state index contributed by atoms with van der Waals surface area (Å²) in [6.07, 6.45) is 1.72. The molecule has 146 valence electrons. The van der Waals surface area contributed by atoms with Crippen LogP contribution in [0.1, 0.15) is 39.5 Å². The molecule has 0 saturated heterocycles. The van der Waals surface area contributed by atoms with Gasteiger partial charge >= 0.3 is 0 Å². The van der Waals surface area contributed by atoms with Crippen molar-refractivity contribution in [1.29, 1.82) is 0 Å². The van der Waals surface area contributed by atoms with E-state index in [1.165, 1.54) is 0 Å². The van der Waals surface area contributed by atoms with Crippen molar-refractivity contribution in [2.24, 2.45) is 0 Å². The van der Waals surface area contributed by atoms with E-state index in [1.807, 2.05) is 54.6 Å². The minimum atomic E-state index is -1.86. The molecule has 0 aliphatic rings. The summed E-state index contributed by atoms with van der Waals surface area (Å²) in [6, 6.07) is 17.8. The molecule has 0 aliphatic heterocycles. The van der Waals surface area contributed by atoms with Gasteiger partial charge in [-0.1, -0.05) is 39.0 Å². The van der Waals surface area contributed by atoms with Crippen LogP contribution in [0.5, 0.6) is 0 Å². The Labute approximate surface area is 169 Å². The summed E-state index contributed by atoms with van der Waals surface area (Å²) in [5.74, 6) is 0. The van der Waals surface area contributed by atoms with Gasteiger partial charge < -0.3 is 4.43 Å². The average molecular weight is 392 g/mol. The summed E-state index contributed by atoms with van der Waals surface area (Å²) in [7, 11) is -1.86. The lowest BCUT2D eigenvalue weighted by atomic mass is 10.1. The van der Waals surface area contributed by atoms with Crippen molar-refractivity contribution in [2.75, 3.05) is 0 Å². The van der Waals surface area contributed by atoms with Crippen LogP contribution in [-0.4, -0.2) is 23.3 Å². The standard InChI is InChI=1S/C23H29N3OSi/c1-17(27-28(5,6)23(2,3)4)18-12-9-14-21(25-18)22-15-10-13-20(26-22)19-11-7-8-16-24-19/h7-17H,1-6H3/t17-/m0/s1. The van der Waals surface area contributed by atoms with E-state index in [0.717, 1.165) is 28.5 Å². The fourth-order valence-corrected chi connectivity index (χ4v) is 4.09. The van der Waals surface area contributed by atoms with E-state index in [-0.39, 0.29) is 11.1 Å². The Morgan fingerprint density at radius 1 is 0.786 bits per heavy atom. The lowest BCUT2D eigenvalue weighted by Crippen LogP contribution is -2.41. The molecule has 0 fully saturated rings. The molecule has 0 bridgehead atoms. The molecule has 4 nitrogen and oxygen atoms in total. The summed E-state index contributed by atoms with van der Waals surface area (Å²) < 4.78 is 6.52. The molecular formula is C23H29N3OSi. The fourth-order valence-electron chi connectivity index (χ4n) is 2.73. The van der Waals surface area contributed by atoms with Gasteiger partial charge in [0.1, 0.15) is 0 Å². The Hall–Kier alpha value is -2.37. The van der Waals surface area contributed by atoms with E-state index in [9.17, 15) is 0 Å². The topological polar surface area (TPSA) is 47.9 Å². The average Bonchev–Trinajstić information content (AvgIpc) is 2.68. The molecule has 0 amide bonds. The molecule has 0 saturated carbocycles. The molecule has 0 spiro atoms. The second-order valence-corrected chi connectivity index (χ2v) is 13.3. The quantitative estimate of drug-likeness (QED) is 0.480. The van der Waals surface area contributed by atoms with Crippen LogP contribution < -0.4 is 0 Å². The first kappa shape index (κ1) is 20.4. The third-order valence-corrected chi connectivity index (χ3v) is 9.96. The van der Waals surface area contributed by atoms with Crippen molar-refractivity contribution in [3.05, 3.63) is 66.5 Å². The number of hydrogen-bond donors (Lipinski definition) is 0. The van der Waals surface area contributed by atoms with Gasteiger partial charge in [-0.3, -0.25) is 4.98 Å². The summed E-state index contributed by atoms with van der Waals surface area (Å²) in [5.41, 5.74) is 4.32. The van der Waals surface area contributed by atoms with E-state index in [1.54, 1.807) is 6.20 Å². The van der Waals surface area contributed by atoms with Crippen LogP contribution in [0.15, 0.2) is 60.8 Å². The van der Waals surface area contributed by atoms with Gasteiger partial charge in [-0.15, -0.1) is 0 Å². The highest BCUT2D eigenvalue weighted by Crippen LogP contribution is 2.39. The number of aromatic nitrogens is 3. The Balaban J connectivity index is 1.88. The molecule has 5 heteroatoms. The molecule has 3 aromatic heterocycles. The smallest absolute Gasteiger partial charge is 0.192 e. The second-order valence-electron chi connectivity index (χ2n) is 8.59. The third-order valence-electron chi connectivity index (χ3n) is 5.40. The Kier molecular flexibility index (Phi) is 5.77. The van der Waals surface area contributed by atoms with Gasteiger partial charge in [0.2, 0.25) is 0 Å².